The molecule has 5 heteroatoms. The minimum absolute atomic E-state index is 0.127. The molecule has 0 bridgehead atoms. The van der Waals surface area contributed by atoms with E-state index in [1.165, 1.54) is 0 Å². The monoisotopic (exact) mass is 325 g/mol. The van der Waals surface area contributed by atoms with Gasteiger partial charge in [0.05, 0.1) is 39.6 Å². The SMILES string of the molecule is C=CCCC(=O)/C=C/CCOCCOCCOCCC(=N)CC. The Labute approximate surface area is 140 Å². The molecule has 0 aliphatic heterocycles. The molecule has 1 N–H and O–H groups in total. The Morgan fingerprint density at radius 1 is 0.957 bits per heavy atom. The summed E-state index contributed by atoms with van der Waals surface area (Å²) >= 11 is 0. The van der Waals surface area contributed by atoms with Crippen LogP contribution in [0.2, 0.25) is 0 Å². The molecule has 5 nitrogen and oxygen atoms in total. The first kappa shape index (κ1) is 21.7. The van der Waals surface area contributed by atoms with Crippen LogP contribution in [0.1, 0.15) is 39.0 Å². The first-order chi connectivity index (χ1) is 11.2. The van der Waals surface area contributed by atoms with E-state index >= 15 is 0 Å². The van der Waals surface area contributed by atoms with Crippen molar-refractivity contribution in [3.05, 3.63) is 24.8 Å². The fourth-order valence-corrected chi connectivity index (χ4v) is 1.61. The molecule has 0 radical (unpaired) electrons. The van der Waals surface area contributed by atoms with Gasteiger partial charge in [-0.05, 0) is 25.3 Å². The van der Waals surface area contributed by atoms with Crippen LogP contribution in [0.25, 0.3) is 0 Å². The predicted molar refractivity (Wildman–Crippen MR) is 93.3 cm³/mol. The van der Waals surface area contributed by atoms with Gasteiger partial charge in [-0.2, -0.15) is 0 Å². The van der Waals surface area contributed by atoms with Crippen LogP contribution in [0.15, 0.2) is 24.8 Å². The molecule has 132 valence electrons. The van der Waals surface area contributed by atoms with Gasteiger partial charge in [-0.1, -0.05) is 19.1 Å². The molecule has 0 amide bonds. The number of ether oxygens (including phenoxy) is 3. The molecule has 0 aromatic carbocycles. The van der Waals surface area contributed by atoms with Crippen molar-refractivity contribution in [3.63, 3.8) is 0 Å². The van der Waals surface area contributed by atoms with Crippen molar-refractivity contribution in [2.24, 2.45) is 0 Å². The highest BCUT2D eigenvalue weighted by atomic mass is 16.5. The lowest BCUT2D eigenvalue weighted by Gasteiger charge is -2.06. The van der Waals surface area contributed by atoms with E-state index in [-0.39, 0.29) is 5.78 Å². The summed E-state index contributed by atoms with van der Waals surface area (Å²) in [6, 6.07) is 0. The molecule has 0 spiro atoms. The molecule has 0 fully saturated rings. The third-order valence-corrected chi connectivity index (χ3v) is 3.05. The molecular formula is C18H31NO4. The number of carbonyl (C=O) groups is 1. The van der Waals surface area contributed by atoms with Crippen LogP contribution >= 0.6 is 0 Å². The van der Waals surface area contributed by atoms with Gasteiger partial charge < -0.3 is 19.6 Å². The Balaban J connectivity index is 3.21. The minimum atomic E-state index is 0.127. The second-order valence-corrected chi connectivity index (χ2v) is 5.03. The topological polar surface area (TPSA) is 68.6 Å². The lowest BCUT2D eigenvalue weighted by atomic mass is 10.2. The maximum absolute atomic E-state index is 11.3. The molecule has 0 saturated carbocycles. The molecule has 0 rings (SSSR count). The second kappa shape index (κ2) is 17.1. The molecule has 23 heavy (non-hydrogen) atoms. The Hall–Kier alpha value is -1.30. The highest BCUT2D eigenvalue weighted by Crippen LogP contribution is 1.95. The number of allylic oxidation sites excluding steroid dienone is 2. The standard InChI is InChI=1S/C18H31NO4/c1-3-5-8-18(20)9-6-7-11-21-13-15-23-16-14-22-12-10-17(19)4-2/h3,6,9,19H,1,4-5,7-8,10-16H2,2H3/b9-6+,19-17?. The van der Waals surface area contributed by atoms with Crippen LogP contribution in [0.3, 0.4) is 0 Å². The third kappa shape index (κ3) is 16.9. The van der Waals surface area contributed by atoms with Gasteiger partial charge in [0.2, 0.25) is 0 Å². The lowest BCUT2D eigenvalue weighted by molar-refractivity contribution is -0.114. The largest absolute Gasteiger partial charge is 0.379 e. The van der Waals surface area contributed by atoms with E-state index in [2.05, 4.69) is 6.58 Å². The molecule has 0 heterocycles. The average Bonchev–Trinajstić information content (AvgIpc) is 2.56. The first-order valence-corrected chi connectivity index (χ1v) is 8.30. The Kier molecular flexibility index (Phi) is 16.1. The van der Waals surface area contributed by atoms with Crippen LogP contribution in [0.4, 0.5) is 0 Å². The summed E-state index contributed by atoms with van der Waals surface area (Å²) in [5, 5.41) is 7.48. The summed E-state index contributed by atoms with van der Waals surface area (Å²) in [5.41, 5.74) is 0.718. The molecular weight excluding hydrogens is 294 g/mol. The van der Waals surface area contributed by atoms with E-state index in [0.717, 1.165) is 25.0 Å². The fraction of sp³-hybridized carbons (Fsp3) is 0.667. The predicted octanol–water partition coefficient (Wildman–Crippen LogP) is 3.34. The molecule has 0 aliphatic carbocycles. The van der Waals surface area contributed by atoms with Gasteiger partial charge in [-0.25, -0.2) is 0 Å². The number of rotatable bonds is 17. The van der Waals surface area contributed by atoms with E-state index in [1.807, 2.05) is 13.0 Å². The summed E-state index contributed by atoms with van der Waals surface area (Å²) in [6.45, 7) is 8.90. The molecule has 0 unspecified atom stereocenters. The Morgan fingerprint density at radius 3 is 2.17 bits per heavy atom. The maximum atomic E-state index is 11.3. The molecule has 0 aromatic rings. The van der Waals surface area contributed by atoms with Crippen LogP contribution in [0.5, 0.6) is 0 Å². The van der Waals surface area contributed by atoms with Gasteiger partial charge >= 0.3 is 0 Å². The quantitative estimate of drug-likeness (QED) is 0.193. The van der Waals surface area contributed by atoms with Gasteiger partial charge in [0.1, 0.15) is 0 Å². The van der Waals surface area contributed by atoms with Crippen molar-refractivity contribution in [3.8, 4) is 0 Å². The fourth-order valence-electron chi connectivity index (χ4n) is 1.61. The van der Waals surface area contributed by atoms with E-state index in [0.29, 0.717) is 52.5 Å². The third-order valence-electron chi connectivity index (χ3n) is 3.05. The lowest BCUT2D eigenvalue weighted by Crippen LogP contribution is -2.11. The van der Waals surface area contributed by atoms with Crippen molar-refractivity contribution < 1.29 is 19.0 Å². The van der Waals surface area contributed by atoms with Crippen LogP contribution < -0.4 is 0 Å². The van der Waals surface area contributed by atoms with Crippen LogP contribution in [0, 0.1) is 5.41 Å². The van der Waals surface area contributed by atoms with Gasteiger partial charge in [0.25, 0.3) is 0 Å². The zero-order valence-corrected chi connectivity index (χ0v) is 14.4. The second-order valence-electron chi connectivity index (χ2n) is 5.03. The average molecular weight is 325 g/mol. The zero-order chi connectivity index (χ0) is 17.2. The first-order valence-electron chi connectivity index (χ1n) is 8.30. The number of carbonyl (C=O) groups excluding carboxylic acids is 1. The minimum Gasteiger partial charge on any atom is -0.379 e. The molecule has 0 saturated heterocycles. The molecule has 0 atom stereocenters. The van der Waals surface area contributed by atoms with Crippen molar-refractivity contribution in [2.75, 3.05) is 39.6 Å². The highest BCUT2D eigenvalue weighted by Gasteiger charge is 1.95. The zero-order valence-electron chi connectivity index (χ0n) is 14.4. The molecule has 0 aromatic heterocycles. The summed E-state index contributed by atoms with van der Waals surface area (Å²) in [6.07, 6.45) is 8.66. The van der Waals surface area contributed by atoms with Crippen LogP contribution in [-0.2, 0) is 19.0 Å². The number of hydrogen-bond donors (Lipinski definition) is 1. The van der Waals surface area contributed by atoms with E-state index in [4.69, 9.17) is 19.6 Å². The number of ketones is 1. The smallest absolute Gasteiger partial charge is 0.155 e. The summed E-state index contributed by atoms with van der Waals surface area (Å²) in [4.78, 5) is 11.3. The van der Waals surface area contributed by atoms with Gasteiger partial charge in [-0.3, -0.25) is 4.79 Å². The summed E-state index contributed by atoms with van der Waals surface area (Å²) in [7, 11) is 0. The Bertz CT molecular complexity index is 353. The maximum Gasteiger partial charge on any atom is 0.155 e. The number of nitrogens with one attached hydrogen (secondary N) is 1. The number of hydrogen-bond acceptors (Lipinski definition) is 5. The summed E-state index contributed by atoms with van der Waals surface area (Å²) in [5.74, 6) is 0.127. The van der Waals surface area contributed by atoms with E-state index in [9.17, 15) is 4.79 Å². The molecule has 0 aliphatic rings. The van der Waals surface area contributed by atoms with E-state index < -0.39 is 0 Å². The van der Waals surface area contributed by atoms with Crippen molar-refractivity contribution in [1.29, 1.82) is 5.41 Å². The normalized spacial score (nSPS) is 11.0. The van der Waals surface area contributed by atoms with Crippen LogP contribution in [-0.4, -0.2) is 51.1 Å². The van der Waals surface area contributed by atoms with Gasteiger partial charge in [0, 0.05) is 18.6 Å². The Morgan fingerprint density at radius 2 is 1.57 bits per heavy atom. The van der Waals surface area contributed by atoms with Crippen molar-refractivity contribution in [2.45, 2.75) is 39.0 Å². The highest BCUT2D eigenvalue weighted by molar-refractivity contribution is 5.89. The van der Waals surface area contributed by atoms with Gasteiger partial charge in [0.15, 0.2) is 5.78 Å². The van der Waals surface area contributed by atoms with E-state index in [1.54, 1.807) is 12.2 Å². The summed E-state index contributed by atoms with van der Waals surface area (Å²) < 4.78 is 16.1. The van der Waals surface area contributed by atoms with Crippen molar-refractivity contribution in [1.82, 2.24) is 0 Å². The van der Waals surface area contributed by atoms with Crippen molar-refractivity contribution >= 4 is 11.5 Å². The van der Waals surface area contributed by atoms with Gasteiger partial charge in [-0.15, -0.1) is 6.58 Å².